The number of ether oxygens (including phenoxy) is 1. The number of benzene rings is 1. The van der Waals surface area contributed by atoms with E-state index in [2.05, 4.69) is 9.97 Å². The Hall–Kier alpha value is -2.21. The average molecular weight is 322 g/mol. The van der Waals surface area contributed by atoms with Gasteiger partial charge in [0.25, 0.3) is 5.91 Å². The van der Waals surface area contributed by atoms with Crippen molar-refractivity contribution >= 4 is 23.2 Å². The van der Waals surface area contributed by atoms with Gasteiger partial charge in [-0.2, -0.15) is 0 Å². The number of amides is 1. The second-order valence-corrected chi connectivity index (χ2v) is 5.25. The van der Waals surface area contributed by atoms with E-state index in [9.17, 15) is 9.18 Å². The van der Waals surface area contributed by atoms with Gasteiger partial charge >= 0.3 is 0 Å². The van der Waals surface area contributed by atoms with Crippen molar-refractivity contribution in [2.24, 2.45) is 0 Å². The van der Waals surface area contributed by atoms with E-state index in [0.29, 0.717) is 12.2 Å². The first kappa shape index (κ1) is 14.7. The molecule has 5 nitrogen and oxygen atoms in total. The minimum atomic E-state index is -0.545. The number of aromatic nitrogens is 2. The maximum absolute atomic E-state index is 13.7. The smallest absolute Gasteiger partial charge is 0.278 e. The van der Waals surface area contributed by atoms with Gasteiger partial charge in [-0.25, -0.2) is 9.37 Å². The number of hydrogen-bond acceptors (Lipinski definition) is 4. The zero-order valence-electron chi connectivity index (χ0n) is 11.8. The summed E-state index contributed by atoms with van der Waals surface area (Å²) in [6.45, 7) is 0.452. The molecule has 22 heavy (non-hydrogen) atoms. The summed E-state index contributed by atoms with van der Waals surface area (Å²) >= 11 is 6.07. The Morgan fingerprint density at radius 3 is 3.00 bits per heavy atom. The second-order valence-electron chi connectivity index (χ2n) is 4.88. The summed E-state index contributed by atoms with van der Waals surface area (Å²) in [5.41, 5.74) is 1.40. The number of fused-ring (bicyclic) bond motifs is 1. The quantitative estimate of drug-likeness (QED) is 0.853. The van der Waals surface area contributed by atoms with Crippen molar-refractivity contribution in [2.45, 2.75) is 12.8 Å². The van der Waals surface area contributed by atoms with Crippen LogP contribution in [-0.4, -0.2) is 29.5 Å². The van der Waals surface area contributed by atoms with Crippen LogP contribution >= 0.6 is 11.6 Å². The molecule has 2 heterocycles. The summed E-state index contributed by atoms with van der Waals surface area (Å²) in [6, 6.07) is 2.98. The number of aryl methyl sites for hydroxylation is 1. The van der Waals surface area contributed by atoms with Crippen molar-refractivity contribution in [3.05, 3.63) is 46.6 Å². The van der Waals surface area contributed by atoms with Crippen LogP contribution in [0.1, 0.15) is 22.5 Å². The molecule has 0 N–H and O–H groups in total. The van der Waals surface area contributed by atoms with Gasteiger partial charge in [-0.3, -0.25) is 9.78 Å². The van der Waals surface area contributed by atoms with Gasteiger partial charge in [0.15, 0.2) is 5.69 Å². The van der Waals surface area contributed by atoms with E-state index in [1.807, 2.05) is 0 Å². The Morgan fingerprint density at radius 2 is 2.23 bits per heavy atom. The molecule has 1 aromatic heterocycles. The molecule has 0 radical (unpaired) electrons. The Balaban J connectivity index is 2.03. The number of halogens is 2. The summed E-state index contributed by atoms with van der Waals surface area (Å²) in [4.78, 5) is 22.1. The number of carbonyl (C=O) groups excluding carboxylic acids is 1. The third-order valence-electron chi connectivity index (χ3n) is 3.54. The normalized spacial score (nSPS) is 13.7. The predicted octanol–water partition coefficient (Wildman–Crippen LogP) is 2.87. The molecular formula is C15H13ClFN3O2. The molecule has 1 amide bonds. The Labute approximate surface area is 131 Å². The fourth-order valence-corrected chi connectivity index (χ4v) is 2.79. The summed E-state index contributed by atoms with van der Waals surface area (Å²) in [7, 11) is 1.45. The Kier molecular flexibility index (Phi) is 3.94. The van der Waals surface area contributed by atoms with Crippen LogP contribution in [-0.2, 0) is 6.42 Å². The number of anilines is 1. The van der Waals surface area contributed by atoms with Crippen LogP contribution in [0.15, 0.2) is 24.5 Å². The maximum Gasteiger partial charge on any atom is 0.278 e. The zero-order valence-corrected chi connectivity index (χ0v) is 12.6. The summed E-state index contributed by atoms with van der Waals surface area (Å²) in [6.07, 6.45) is 4.29. The van der Waals surface area contributed by atoms with E-state index in [1.165, 1.54) is 30.5 Å². The van der Waals surface area contributed by atoms with Crippen molar-refractivity contribution in [2.75, 3.05) is 18.6 Å². The molecule has 0 spiro atoms. The topological polar surface area (TPSA) is 55.3 Å². The lowest BCUT2D eigenvalue weighted by molar-refractivity contribution is 0.0979. The van der Waals surface area contributed by atoms with Gasteiger partial charge in [0.1, 0.15) is 10.8 Å². The molecule has 0 unspecified atom stereocenters. The van der Waals surface area contributed by atoms with E-state index < -0.39 is 5.82 Å². The molecule has 114 valence electrons. The van der Waals surface area contributed by atoms with Gasteiger partial charge in [-0.05, 0) is 24.5 Å². The van der Waals surface area contributed by atoms with E-state index in [-0.39, 0.29) is 22.5 Å². The third kappa shape index (κ3) is 2.50. The average Bonchev–Trinajstić information content (AvgIpc) is 2.57. The molecule has 0 atom stereocenters. The zero-order chi connectivity index (χ0) is 15.7. The van der Waals surface area contributed by atoms with E-state index in [4.69, 9.17) is 16.3 Å². The third-order valence-corrected chi connectivity index (χ3v) is 3.90. The fraction of sp³-hybridized carbons (Fsp3) is 0.267. The minimum absolute atomic E-state index is 0.0404. The number of hydrogen-bond donors (Lipinski definition) is 0. The van der Waals surface area contributed by atoms with Gasteiger partial charge in [-0.1, -0.05) is 17.7 Å². The summed E-state index contributed by atoms with van der Waals surface area (Å²) < 4.78 is 18.7. The van der Waals surface area contributed by atoms with E-state index in [0.717, 1.165) is 18.4 Å². The maximum atomic E-state index is 13.7. The molecule has 0 saturated carbocycles. The highest BCUT2D eigenvalue weighted by molar-refractivity contribution is 6.34. The van der Waals surface area contributed by atoms with Crippen molar-refractivity contribution in [1.82, 2.24) is 9.97 Å². The molecule has 0 bridgehead atoms. The molecule has 1 aromatic carbocycles. The van der Waals surface area contributed by atoms with Crippen molar-refractivity contribution < 1.29 is 13.9 Å². The van der Waals surface area contributed by atoms with Gasteiger partial charge in [-0.15, -0.1) is 0 Å². The monoisotopic (exact) mass is 321 g/mol. The van der Waals surface area contributed by atoms with Gasteiger partial charge < -0.3 is 9.64 Å². The van der Waals surface area contributed by atoms with E-state index in [1.54, 1.807) is 6.07 Å². The Morgan fingerprint density at radius 1 is 1.41 bits per heavy atom. The number of rotatable bonds is 2. The Bertz CT molecular complexity index is 739. The van der Waals surface area contributed by atoms with Crippen LogP contribution in [0, 0.1) is 5.82 Å². The summed E-state index contributed by atoms with van der Waals surface area (Å²) in [5.74, 6) is -0.676. The van der Waals surface area contributed by atoms with Crippen LogP contribution in [0.25, 0.3) is 0 Å². The van der Waals surface area contributed by atoms with Crippen LogP contribution in [0.2, 0.25) is 5.02 Å². The molecule has 0 fully saturated rings. The van der Waals surface area contributed by atoms with Crippen LogP contribution in [0.5, 0.6) is 5.88 Å². The molecule has 3 rings (SSSR count). The van der Waals surface area contributed by atoms with E-state index >= 15 is 0 Å². The van der Waals surface area contributed by atoms with Crippen molar-refractivity contribution in [1.29, 1.82) is 0 Å². The molecule has 1 aliphatic rings. The van der Waals surface area contributed by atoms with Gasteiger partial charge in [0, 0.05) is 6.54 Å². The minimum Gasteiger partial charge on any atom is -0.480 e. The lowest BCUT2D eigenvalue weighted by Crippen LogP contribution is -2.36. The number of carbonyl (C=O) groups is 1. The molecule has 2 aromatic rings. The highest BCUT2D eigenvalue weighted by atomic mass is 35.5. The second kappa shape index (κ2) is 5.88. The van der Waals surface area contributed by atoms with Crippen LogP contribution in [0.4, 0.5) is 10.1 Å². The molecule has 0 saturated heterocycles. The SMILES string of the molecule is COc1cncc(C(=O)N2CCCc3ccc(F)c(Cl)c32)n1. The fourth-order valence-electron chi connectivity index (χ4n) is 2.50. The van der Waals surface area contributed by atoms with Gasteiger partial charge in [0.2, 0.25) is 5.88 Å². The lowest BCUT2D eigenvalue weighted by atomic mass is 10.0. The van der Waals surface area contributed by atoms with Crippen molar-refractivity contribution in [3.8, 4) is 5.88 Å². The summed E-state index contributed by atoms with van der Waals surface area (Å²) in [5, 5.41) is -0.0404. The standard InChI is InChI=1S/C15H13ClFN3O2/c1-22-12-8-18-7-11(19-12)15(21)20-6-2-3-9-4-5-10(17)13(16)14(9)20/h4-5,7-8H,2-3,6H2,1H3. The number of methoxy groups -OCH3 is 1. The van der Waals surface area contributed by atoms with Crippen LogP contribution in [0.3, 0.4) is 0 Å². The predicted molar refractivity (Wildman–Crippen MR) is 80.0 cm³/mol. The largest absolute Gasteiger partial charge is 0.480 e. The first-order valence-electron chi connectivity index (χ1n) is 6.76. The molecular weight excluding hydrogens is 309 g/mol. The highest BCUT2D eigenvalue weighted by Gasteiger charge is 2.28. The first-order chi connectivity index (χ1) is 10.6. The van der Waals surface area contributed by atoms with Crippen LogP contribution < -0.4 is 9.64 Å². The van der Waals surface area contributed by atoms with Crippen molar-refractivity contribution in [3.63, 3.8) is 0 Å². The molecule has 7 heteroatoms. The number of nitrogens with zero attached hydrogens (tertiary/aromatic N) is 3. The van der Waals surface area contributed by atoms with Gasteiger partial charge in [0.05, 0.1) is 25.2 Å². The molecule has 1 aliphatic heterocycles. The first-order valence-corrected chi connectivity index (χ1v) is 7.14. The lowest BCUT2D eigenvalue weighted by Gasteiger charge is -2.30. The molecule has 0 aliphatic carbocycles. The highest BCUT2D eigenvalue weighted by Crippen LogP contribution is 2.36.